The van der Waals surface area contributed by atoms with Crippen LogP contribution in [0.1, 0.15) is 29.5 Å². The van der Waals surface area contributed by atoms with Gasteiger partial charge in [-0.3, -0.25) is 9.88 Å². The molecule has 4 rings (SSSR count). The molecule has 1 saturated heterocycles. The molecule has 0 atom stereocenters. The number of likely N-dealkylation sites (tertiary alicyclic amines) is 1. The van der Waals surface area contributed by atoms with Gasteiger partial charge in [0.05, 0.1) is 0 Å². The molecule has 2 aromatic rings. The quantitative estimate of drug-likeness (QED) is 0.813. The van der Waals surface area contributed by atoms with Gasteiger partial charge in [-0.25, -0.2) is 0 Å². The number of rotatable bonds is 5. The highest BCUT2D eigenvalue weighted by Crippen LogP contribution is 2.42. The molecule has 27 heavy (non-hydrogen) atoms. The summed E-state index contributed by atoms with van der Waals surface area (Å²) in [5.41, 5.74) is 4.76. The number of nitrogens with zero attached hydrogens (tertiary/aromatic N) is 4. The summed E-state index contributed by atoms with van der Waals surface area (Å²) in [4.78, 5) is 11.9. The number of fused-ring (bicyclic) bond motifs is 2. The molecule has 0 aliphatic carbocycles. The van der Waals surface area contributed by atoms with Crippen molar-refractivity contribution in [1.82, 2.24) is 19.7 Å². The maximum absolute atomic E-state index is 4.31. The van der Waals surface area contributed by atoms with E-state index in [0.29, 0.717) is 5.41 Å². The molecule has 3 heterocycles. The van der Waals surface area contributed by atoms with E-state index in [0.717, 1.165) is 19.6 Å². The Morgan fingerprint density at radius 2 is 1.85 bits per heavy atom. The minimum Gasteiger partial charge on any atom is -0.308 e. The zero-order valence-electron chi connectivity index (χ0n) is 16.8. The number of benzene rings is 1. The van der Waals surface area contributed by atoms with E-state index in [2.05, 4.69) is 64.1 Å². The lowest BCUT2D eigenvalue weighted by atomic mass is 9.69. The standard InChI is InChI=1S/C23H32N4/c1-25(2)14-15-26-12-9-23(10-13-26)19-27(17-20-6-5-11-24-16-20)18-21-7-3-4-8-22(21)23/h3-8,11,16H,9-10,12-15,17-19H2,1-2H3. The number of likely N-dealkylation sites (N-methyl/N-ethyl adjacent to an activating group) is 1. The second kappa shape index (κ2) is 8.09. The minimum atomic E-state index is 0.311. The lowest BCUT2D eigenvalue weighted by Gasteiger charge is -2.49. The van der Waals surface area contributed by atoms with Gasteiger partial charge in [0.2, 0.25) is 0 Å². The first kappa shape index (κ1) is 18.6. The van der Waals surface area contributed by atoms with Gasteiger partial charge in [-0.1, -0.05) is 30.3 Å². The highest BCUT2D eigenvalue weighted by Gasteiger charge is 2.41. The Balaban J connectivity index is 1.51. The highest BCUT2D eigenvalue weighted by molar-refractivity contribution is 5.38. The Bertz CT molecular complexity index is 735. The average Bonchev–Trinajstić information content (AvgIpc) is 2.68. The van der Waals surface area contributed by atoms with Gasteiger partial charge in [0.25, 0.3) is 0 Å². The summed E-state index contributed by atoms with van der Waals surface area (Å²) < 4.78 is 0. The Labute approximate surface area is 163 Å². The van der Waals surface area contributed by atoms with Gasteiger partial charge in [0.15, 0.2) is 0 Å². The summed E-state index contributed by atoms with van der Waals surface area (Å²) in [5, 5.41) is 0. The summed E-state index contributed by atoms with van der Waals surface area (Å²) in [5.74, 6) is 0. The van der Waals surface area contributed by atoms with Crippen molar-refractivity contribution in [2.45, 2.75) is 31.3 Å². The zero-order chi connectivity index (χ0) is 18.7. The molecule has 1 spiro atoms. The second-order valence-electron chi connectivity index (χ2n) is 8.59. The maximum atomic E-state index is 4.31. The van der Waals surface area contributed by atoms with E-state index in [4.69, 9.17) is 0 Å². The molecular formula is C23H32N4. The van der Waals surface area contributed by atoms with Crippen molar-refractivity contribution in [3.63, 3.8) is 0 Å². The van der Waals surface area contributed by atoms with Gasteiger partial charge in [0, 0.05) is 50.5 Å². The summed E-state index contributed by atoms with van der Waals surface area (Å²) in [6, 6.07) is 13.4. The van der Waals surface area contributed by atoms with Crippen LogP contribution >= 0.6 is 0 Å². The normalized spacial score (nSPS) is 20.1. The monoisotopic (exact) mass is 364 g/mol. The van der Waals surface area contributed by atoms with Gasteiger partial charge in [-0.05, 0) is 62.8 Å². The molecule has 4 nitrogen and oxygen atoms in total. The smallest absolute Gasteiger partial charge is 0.0312 e. The number of aromatic nitrogens is 1. The first-order chi connectivity index (χ1) is 13.1. The van der Waals surface area contributed by atoms with Gasteiger partial charge in [-0.2, -0.15) is 0 Å². The van der Waals surface area contributed by atoms with E-state index in [1.54, 1.807) is 5.56 Å². The minimum absolute atomic E-state index is 0.311. The summed E-state index contributed by atoms with van der Waals surface area (Å²) in [7, 11) is 4.33. The molecule has 144 valence electrons. The molecule has 2 aliphatic heterocycles. The average molecular weight is 365 g/mol. The predicted octanol–water partition coefficient (Wildman–Crippen LogP) is 2.99. The molecular weight excluding hydrogens is 332 g/mol. The third-order valence-electron chi connectivity index (χ3n) is 6.31. The van der Waals surface area contributed by atoms with Crippen molar-refractivity contribution in [2.24, 2.45) is 0 Å². The molecule has 0 unspecified atom stereocenters. The highest BCUT2D eigenvalue weighted by atomic mass is 15.2. The largest absolute Gasteiger partial charge is 0.308 e. The summed E-state index contributed by atoms with van der Waals surface area (Å²) in [6.07, 6.45) is 6.40. The third kappa shape index (κ3) is 4.23. The summed E-state index contributed by atoms with van der Waals surface area (Å²) >= 11 is 0. The van der Waals surface area contributed by atoms with Gasteiger partial charge >= 0.3 is 0 Å². The van der Waals surface area contributed by atoms with Crippen LogP contribution in [-0.4, -0.2) is 66.5 Å². The van der Waals surface area contributed by atoms with Gasteiger partial charge < -0.3 is 9.80 Å². The van der Waals surface area contributed by atoms with E-state index in [1.807, 2.05) is 18.5 Å². The van der Waals surface area contributed by atoms with E-state index in [1.165, 1.54) is 50.1 Å². The molecule has 0 amide bonds. The fourth-order valence-electron chi connectivity index (χ4n) is 4.82. The van der Waals surface area contributed by atoms with Crippen LogP contribution in [0, 0.1) is 0 Å². The van der Waals surface area contributed by atoms with E-state index in [-0.39, 0.29) is 0 Å². The number of pyridine rings is 1. The lowest BCUT2D eigenvalue weighted by molar-refractivity contribution is 0.0909. The van der Waals surface area contributed by atoms with Crippen LogP contribution in [0.3, 0.4) is 0 Å². The first-order valence-electron chi connectivity index (χ1n) is 10.2. The first-order valence-corrected chi connectivity index (χ1v) is 10.2. The Kier molecular flexibility index (Phi) is 5.58. The van der Waals surface area contributed by atoms with Gasteiger partial charge in [0.1, 0.15) is 0 Å². The van der Waals surface area contributed by atoms with E-state index in [9.17, 15) is 0 Å². The van der Waals surface area contributed by atoms with Crippen LogP contribution in [0.5, 0.6) is 0 Å². The molecule has 0 radical (unpaired) electrons. The van der Waals surface area contributed by atoms with E-state index < -0.39 is 0 Å². The van der Waals surface area contributed by atoms with Crippen molar-refractivity contribution >= 4 is 0 Å². The Hall–Kier alpha value is -1.75. The van der Waals surface area contributed by atoms with Crippen LogP contribution in [0.2, 0.25) is 0 Å². The van der Waals surface area contributed by atoms with Crippen LogP contribution in [0.25, 0.3) is 0 Å². The van der Waals surface area contributed by atoms with Gasteiger partial charge in [-0.15, -0.1) is 0 Å². The number of hydrogen-bond acceptors (Lipinski definition) is 4. The fourth-order valence-corrected chi connectivity index (χ4v) is 4.82. The number of piperidine rings is 1. The zero-order valence-corrected chi connectivity index (χ0v) is 16.8. The van der Waals surface area contributed by atoms with Crippen molar-refractivity contribution in [2.75, 3.05) is 46.8 Å². The van der Waals surface area contributed by atoms with Crippen molar-refractivity contribution in [3.05, 3.63) is 65.5 Å². The van der Waals surface area contributed by atoms with Crippen LogP contribution in [-0.2, 0) is 18.5 Å². The summed E-state index contributed by atoms with van der Waals surface area (Å²) in [6.45, 7) is 7.97. The van der Waals surface area contributed by atoms with Crippen LogP contribution in [0.4, 0.5) is 0 Å². The predicted molar refractivity (Wildman–Crippen MR) is 111 cm³/mol. The van der Waals surface area contributed by atoms with Crippen molar-refractivity contribution < 1.29 is 0 Å². The van der Waals surface area contributed by atoms with Crippen molar-refractivity contribution in [3.8, 4) is 0 Å². The van der Waals surface area contributed by atoms with Crippen molar-refractivity contribution in [1.29, 1.82) is 0 Å². The topological polar surface area (TPSA) is 22.6 Å². The number of hydrogen-bond donors (Lipinski definition) is 0. The maximum Gasteiger partial charge on any atom is 0.0312 e. The van der Waals surface area contributed by atoms with Crippen LogP contribution < -0.4 is 0 Å². The van der Waals surface area contributed by atoms with E-state index >= 15 is 0 Å². The lowest BCUT2D eigenvalue weighted by Crippen LogP contribution is -2.52. The molecule has 2 aliphatic rings. The molecule has 0 bridgehead atoms. The molecule has 0 N–H and O–H groups in total. The Morgan fingerprint density at radius 1 is 1.04 bits per heavy atom. The second-order valence-corrected chi connectivity index (χ2v) is 8.59. The third-order valence-corrected chi connectivity index (χ3v) is 6.31. The SMILES string of the molecule is CN(C)CCN1CCC2(CC1)CN(Cc1cccnc1)Cc1ccccc12. The Morgan fingerprint density at radius 3 is 2.59 bits per heavy atom. The molecule has 1 aromatic carbocycles. The molecule has 0 saturated carbocycles. The molecule has 1 aromatic heterocycles. The fraction of sp³-hybridized carbons (Fsp3) is 0.522. The van der Waals surface area contributed by atoms with Crippen LogP contribution in [0.15, 0.2) is 48.8 Å². The molecule has 4 heteroatoms. The molecule has 1 fully saturated rings.